The summed E-state index contributed by atoms with van der Waals surface area (Å²) >= 11 is 1.45. The predicted octanol–water partition coefficient (Wildman–Crippen LogP) is 5.08. The summed E-state index contributed by atoms with van der Waals surface area (Å²) in [7, 11) is 1.55. The number of hydrogen-bond donors (Lipinski definition) is 1. The minimum absolute atomic E-state index is 0.0223. The summed E-state index contributed by atoms with van der Waals surface area (Å²) in [5, 5.41) is 10.4. The topological polar surface area (TPSA) is 120 Å². The summed E-state index contributed by atoms with van der Waals surface area (Å²) < 4.78 is 31.4. The van der Waals surface area contributed by atoms with Gasteiger partial charge in [0.05, 0.1) is 48.3 Å². The second-order valence-corrected chi connectivity index (χ2v) is 9.63. The van der Waals surface area contributed by atoms with Crippen LogP contribution >= 0.6 is 11.3 Å². The van der Waals surface area contributed by atoms with Gasteiger partial charge < -0.3 is 19.3 Å². The fourth-order valence-corrected chi connectivity index (χ4v) is 5.38. The molecule has 0 bridgehead atoms. The van der Waals surface area contributed by atoms with Crippen molar-refractivity contribution < 1.29 is 28.5 Å². The van der Waals surface area contributed by atoms with Crippen molar-refractivity contribution in [3.8, 4) is 28.0 Å². The van der Waals surface area contributed by atoms with Gasteiger partial charge >= 0.3 is 6.09 Å². The molecule has 1 amide bonds. The highest BCUT2D eigenvalue weighted by molar-refractivity contribution is 7.22. The average molecular weight is 534 g/mol. The standard InChI is InChI=1S/C26H20FN5O5S/c1-13-7-16(22-18(8-13)30-21(35-2)10-29-22)25-31-17-4-5-19-23(24(17)38-25)36-12-15(37-19)11-32(26(33)34)14-3-6-20(27)28-9-14/h3-10,15H,11-12H2,1-2H3,(H,33,34)/t15-/m1/s1. The zero-order chi connectivity index (χ0) is 26.4. The highest BCUT2D eigenvalue weighted by atomic mass is 32.1. The molecule has 3 aromatic heterocycles. The molecule has 1 aliphatic rings. The Balaban J connectivity index is 1.31. The van der Waals surface area contributed by atoms with Crippen molar-refractivity contribution in [3.63, 3.8) is 0 Å². The number of aromatic nitrogens is 4. The lowest BCUT2D eigenvalue weighted by atomic mass is 10.1. The van der Waals surface area contributed by atoms with E-state index < -0.39 is 18.1 Å². The quantitative estimate of drug-likeness (QED) is 0.308. The van der Waals surface area contributed by atoms with Crippen LogP contribution in [0.4, 0.5) is 14.9 Å². The minimum Gasteiger partial charge on any atom is -0.484 e. The van der Waals surface area contributed by atoms with Gasteiger partial charge in [-0.2, -0.15) is 4.39 Å². The van der Waals surface area contributed by atoms with E-state index in [4.69, 9.17) is 19.2 Å². The Kier molecular flexibility index (Phi) is 5.87. The number of halogens is 1. The molecule has 6 rings (SSSR count). The first-order chi connectivity index (χ1) is 18.4. The Morgan fingerprint density at radius 1 is 1.18 bits per heavy atom. The molecule has 0 spiro atoms. The van der Waals surface area contributed by atoms with Crippen LogP contribution in [0.5, 0.6) is 17.4 Å². The molecule has 1 N–H and O–H groups in total. The molecule has 12 heteroatoms. The third kappa shape index (κ3) is 4.28. The van der Waals surface area contributed by atoms with Crippen molar-refractivity contribution >= 4 is 44.4 Å². The molecule has 0 saturated heterocycles. The molecule has 38 heavy (non-hydrogen) atoms. The Morgan fingerprint density at radius 3 is 2.82 bits per heavy atom. The minimum atomic E-state index is -1.21. The zero-order valence-electron chi connectivity index (χ0n) is 20.2. The van der Waals surface area contributed by atoms with Crippen molar-refractivity contribution in [1.29, 1.82) is 0 Å². The van der Waals surface area contributed by atoms with Crippen LogP contribution in [-0.2, 0) is 0 Å². The number of methoxy groups -OCH3 is 1. The lowest BCUT2D eigenvalue weighted by Gasteiger charge is -2.30. The fourth-order valence-electron chi connectivity index (χ4n) is 4.31. The van der Waals surface area contributed by atoms with E-state index in [1.54, 1.807) is 19.4 Å². The fraction of sp³-hybridized carbons (Fsp3) is 0.192. The van der Waals surface area contributed by atoms with Crippen LogP contribution in [0.2, 0.25) is 0 Å². The lowest BCUT2D eigenvalue weighted by Crippen LogP contribution is -2.43. The van der Waals surface area contributed by atoms with Crippen molar-refractivity contribution in [2.24, 2.45) is 0 Å². The van der Waals surface area contributed by atoms with Crippen molar-refractivity contribution in [3.05, 3.63) is 60.3 Å². The van der Waals surface area contributed by atoms with Gasteiger partial charge in [0, 0.05) is 5.56 Å². The van der Waals surface area contributed by atoms with E-state index in [-0.39, 0.29) is 18.8 Å². The first-order valence-corrected chi connectivity index (χ1v) is 12.4. The third-order valence-corrected chi connectivity index (χ3v) is 7.14. The molecule has 10 nitrogen and oxygen atoms in total. The smallest absolute Gasteiger partial charge is 0.411 e. The SMILES string of the molecule is COc1cnc2c(-c3nc4ccc5c(c4s3)OC[C@@H](CN(C(=O)O)c3ccc(F)nc3)O5)cc(C)cc2n1. The largest absolute Gasteiger partial charge is 0.484 e. The van der Waals surface area contributed by atoms with Crippen LogP contribution in [0.1, 0.15) is 5.56 Å². The summed E-state index contributed by atoms with van der Waals surface area (Å²) in [6, 6.07) is 10.0. The Hall–Kier alpha value is -4.58. The molecule has 5 aromatic rings. The van der Waals surface area contributed by atoms with Gasteiger partial charge in [0.2, 0.25) is 11.8 Å². The molecular weight excluding hydrogens is 513 g/mol. The van der Waals surface area contributed by atoms with Crippen LogP contribution in [0.15, 0.2) is 48.8 Å². The number of fused-ring (bicyclic) bond motifs is 4. The zero-order valence-corrected chi connectivity index (χ0v) is 21.0. The number of carboxylic acid groups (broad SMARTS) is 1. The molecule has 1 aliphatic heterocycles. The third-order valence-electron chi connectivity index (χ3n) is 6.03. The molecule has 1 atom stereocenters. The van der Waals surface area contributed by atoms with Crippen LogP contribution < -0.4 is 19.1 Å². The van der Waals surface area contributed by atoms with Gasteiger partial charge in [0.1, 0.15) is 16.3 Å². The number of benzene rings is 2. The van der Waals surface area contributed by atoms with Crippen LogP contribution in [-0.4, -0.2) is 57.5 Å². The maximum Gasteiger partial charge on any atom is 0.411 e. The summed E-state index contributed by atoms with van der Waals surface area (Å²) in [6.07, 6.45) is 0.954. The van der Waals surface area contributed by atoms with Crippen LogP contribution in [0.3, 0.4) is 0 Å². The van der Waals surface area contributed by atoms with Crippen molar-refractivity contribution in [2.75, 3.05) is 25.2 Å². The number of nitrogens with zero attached hydrogens (tertiary/aromatic N) is 5. The van der Waals surface area contributed by atoms with E-state index in [9.17, 15) is 14.3 Å². The van der Waals surface area contributed by atoms with E-state index in [1.807, 2.05) is 25.1 Å². The molecular formula is C26H20FN5O5S. The number of pyridine rings is 1. The van der Waals surface area contributed by atoms with Gasteiger partial charge in [-0.1, -0.05) is 0 Å². The number of hydrogen-bond acceptors (Lipinski definition) is 9. The Bertz CT molecular complexity index is 1690. The summed E-state index contributed by atoms with van der Waals surface area (Å²) in [6.45, 7) is 2.08. The molecule has 0 aliphatic carbocycles. The number of anilines is 1. The van der Waals surface area contributed by atoms with Gasteiger partial charge in [-0.05, 0) is 48.9 Å². The first-order valence-electron chi connectivity index (χ1n) is 11.6. The number of rotatable bonds is 5. The Morgan fingerprint density at radius 2 is 2.05 bits per heavy atom. The molecule has 0 unspecified atom stereocenters. The van der Waals surface area contributed by atoms with Gasteiger partial charge in [-0.3, -0.25) is 4.90 Å². The monoisotopic (exact) mass is 533 g/mol. The van der Waals surface area contributed by atoms with E-state index in [1.165, 1.54) is 23.6 Å². The van der Waals surface area contributed by atoms with E-state index >= 15 is 0 Å². The van der Waals surface area contributed by atoms with Crippen LogP contribution in [0.25, 0.3) is 31.8 Å². The van der Waals surface area contributed by atoms with Gasteiger partial charge in [-0.25, -0.2) is 24.7 Å². The molecule has 0 fully saturated rings. The molecule has 192 valence electrons. The van der Waals surface area contributed by atoms with Crippen molar-refractivity contribution in [1.82, 2.24) is 19.9 Å². The number of thiazole rings is 1. The molecule has 4 heterocycles. The maximum absolute atomic E-state index is 13.2. The van der Waals surface area contributed by atoms with E-state index in [0.717, 1.165) is 37.3 Å². The van der Waals surface area contributed by atoms with Crippen molar-refractivity contribution in [2.45, 2.75) is 13.0 Å². The van der Waals surface area contributed by atoms with Crippen LogP contribution in [0, 0.1) is 12.9 Å². The number of amides is 1. The predicted molar refractivity (Wildman–Crippen MR) is 139 cm³/mol. The van der Waals surface area contributed by atoms with Gasteiger partial charge in [-0.15, -0.1) is 11.3 Å². The first kappa shape index (κ1) is 23.8. The highest BCUT2D eigenvalue weighted by Gasteiger charge is 2.29. The summed E-state index contributed by atoms with van der Waals surface area (Å²) in [5.74, 6) is 0.788. The van der Waals surface area contributed by atoms with E-state index in [2.05, 4.69) is 15.0 Å². The second kappa shape index (κ2) is 9.38. The Labute approximate surface area is 219 Å². The molecule has 0 radical (unpaired) electrons. The number of ether oxygens (including phenoxy) is 3. The highest BCUT2D eigenvalue weighted by Crippen LogP contribution is 2.44. The van der Waals surface area contributed by atoms with Gasteiger partial charge in [0.15, 0.2) is 17.6 Å². The maximum atomic E-state index is 13.2. The van der Waals surface area contributed by atoms with Gasteiger partial charge in [0.25, 0.3) is 0 Å². The lowest BCUT2D eigenvalue weighted by molar-refractivity contribution is 0.0961. The molecule has 0 saturated carbocycles. The molecule has 2 aromatic carbocycles. The van der Waals surface area contributed by atoms with E-state index in [0.29, 0.717) is 28.4 Å². The second-order valence-electron chi connectivity index (χ2n) is 8.64. The number of aryl methyl sites for hydroxylation is 1. The summed E-state index contributed by atoms with van der Waals surface area (Å²) in [4.78, 5) is 30.3. The number of carbonyl (C=O) groups is 1. The average Bonchev–Trinajstić information content (AvgIpc) is 3.36. The normalized spacial score (nSPS) is 14.6. The summed E-state index contributed by atoms with van der Waals surface area (Å²) in [5.41, 5.74) is 4.27.